The van der Waals surface area contributed by atoms with Crippen molar-refractivity contribution in [3.8, 4) is 5.75 Å². The van der Waals surface area contributed by atoms with Crippen molar-refractivity contribution in [2.24, 2.45) is 0 Å². The van der Waals surface area contributed by atoms with Gasteiger partial charge in [0.15, 0.2) is 0 Å². The zero-order valence-electron chi connectivity index (χ0n) is 14.3. The van der Waals surface area contributed by atoms with E-state index in [1.807, 2.05) is 31.2 Å². The monoisotopic (exact) mass is 319 g/mol. The van der Waals surface area contributed by atoms with Crippen molar-refractivity contribution in [1.29, 1.82) is 0 Å². The fraction of sp³-hybridized carbons (Fsp3) is 0.611. The lowest BCUT2D eigenvalue weighted by molar-refractivity contribution is -0.118. The van der Waals surface area contributed by atoms with Crippen LogP contribution in [0.5, 0.6) is 5.75 Å². The van der Waals surface area contributed by atoms with Gasteiger partial charge in [-0.1, -0.05) is 6.92 Å². The van der Waals surface area contributed by atoms with Crippen LogP contribution in [0.2, 0.25) is 0 Å². The lowest BCUT2D eigenvalue weighted by atomic mass is 10.0. The summed E-state index contributed by atoms with van der Waals surface area (Å²) >= 11 is 0. The molecule has 0 unspecified atom stereocenters. The number of amides is 1. The molecule has 2 rings (SSSR count). The molecule has 2 N–H and O–H groups in total. The minimum absolute atomic E-state index is 0.0566. The van der Waals surface area contributed by atoms with Crippen LogP contribution in [0.15, 0.2) is 24.3 Å². The number of anilines is 1. The summed E-state index contributed by atoms with van der Waals surface area (Å²) in [6, 6.07) is 8.06. The molecule has 23 heavy (non-hydrogen) atoms. The fourth-order valence-electron chi connectivity index (χ4n) is 3.04. The second kappa shape index (κ2) is 9.53. The number of benzene rings is 1. The van der Waals surface area contributed by atoms with Crippen molar-refractivity contribution < 1.29 is 9.53 Å². The molecule has 1 aromatic rings. The van der Waals surface area contributed by atoms with Crippen molar-refractivity contribution in [3.63, 3.8) is 0 Å². The summed E-state index contributed by atoms with van der Waals surface area (Å²) in [5.41, 5.74) is 0.820. The SMILES string of the molecule is CCCN(CC(=O)Nc1ccc(OCC)cc1)C1CCNCC1. The topological polar surface area (TPSA) is 53.6 Å². The van der Waals surface area contributed by atoms with E-state index in [0.29, 0.717) is 19.2 Å². The standard InChI is InChI=1S/C18H29N3O2/c1-3-13-21(16-9-11-19-12-10-16)14-18(22)20-15-5-7-17(8-6-15)23-4-2/h5-8,16,19H,3-4,9-14H2,1-2H3,(H,20,22). The highest BCUT2D eigenvalue weighted by molar-refractivity contribution is 5.92. The number of nitrogens with zero attached hydrogens (tertiary/aromatic N) is 1. The van der Waals surface area contributed by atoms with Crippen LogP contribution in [0.3, 0.4) is 0 Å². The molecule has 1 fully saturated rings. The molecule has 0 saturated carbocycles. The number of hydrogen-bond acceptors (Lipinski definition) is 4. The van der Waals surface area contributed by atoms with Gasteiger partial charge in [0.05, 0.1) is 13.2 Å². The summed E-state index contributed by atoms with van der Waals surface area (Å²) in [6.07, 6.45) is 3.31. The number of piperidine rings is 1. The van der Waals surface area contributed by atoms with Crippen LogP contribution < -0.4 is 15.4 Å². The van der Waals surface area contributed by atoms with E-state index in [1.165, 1.54) is 0 Å². The molecule has 1 heterocycles. The van der Waals surface area contributed by atoms with Crippen molar-refractivity contribution in [1.82, 2.24) is 10.2 Å². The van der Waals surface area contributed by atoms with Crippen molar-refractivity contribution >= 4 is 11.6 Å². The molecule has 1 aliphatic heterocycles. The van der Waals surface area contributed by atoms with E-state index in [4.69, 9.17) is 4.74 Å². The minimum atomic E-state index is 0.0566. The van der Waals surface area contributed by atoms with E-state index < -0.39 is 0 Å². The molecule has 128 valence electrons. The van der Waals surface area contributed by atoms with Crippen molar-refractivity contribution in [2.75, 3.05) is 38.1 Å². The highest BCUT2D eigenvalue weighted by atomic mass is 16.5. The van der Waals surface area contributed by atoms with Gasteiger partial charge in [0, 0.05) is 11.7 Å². The maximum atomic E-state index is 12.4. The smallest absolute Gasteiger partial charge is 0.238 e. The Morgan fingerprint density at radius 1 is 1.26 bits per heavy atom. The number of carbonyl (C=O) groups is 1. The maximum absolute atomic E-state index is 12.4. The predicted molar refractivity (Wildman–Crippen MR) is 94.0 cm³/mol. The molecule has 1 aromatic carbocycles. The van der Waals surface area contributed by atoms with Gasteiger partial charge in [-0.05, 0) is 70.1 Å². The quantitative estimate of drug-likeness (QED) is 0.773. The zero-order chi connectivity index (χ0) is 16.5. The van der Waals surface area contributed by atoms with Gasteiger partial charge in [0.1, 0.15) is 5.75 Å². The average molecular weight is 319 g/mol. The van der Waals surface area contributed by atoms with E-state index in [0.717, 1.165) is 50.3 Å². The normalized spacial score (nSPS) is 15.6. The zero-order valence-corrected chi connectivity index (χ0v) is 14.3. The van der Waals surface area contributed by atoms with Gasteiger partial charge in [0.2, 0.25) is 5.91 Å². The molecule has 0 aromatic heterocycles. The first-order valence-electron chi connectivity index (χ1n) is 8.70. The van der Waals surface area contributed by atoms with E-state index in [1.54, 1.807) is 0 Å². The first-order chi connectivity index (χ1) is 11.2. The Morgan fingerprint density at radius 2 is 1.96 bits per heavy atom. The lowest BCUT2D eigenvalue weighted by Crippen LogP contribution is -2.46. The Morgan fingerprint density at radius 3 is 2.57 bits per heavy atom. The first-order valence-corrected chi connectivity index (χ1v) is 8.70. The van der Waals surface area contributed by atoms with Gasteiger partial charge in [0.25, 0.3) is 0 Å². The summed E-state index contributed by atoms with van der Waals surface area (Å²) in [6.45, 7) is 8.30. The Balaban J connectivity index is 1.87. The molecule has 0 spiro atoms. The van der Waals surface area contributed by atoms with Gasteiger partial charge >= 0.3 is 0 Å². The Kier molecular flexibility index (Phi) is 7.36. The third-order valence-corrected chi connectivity index (χ3v) is 4.13. The van der Waals surface area contributed by atoms with E-state index in [9.17, 15) is 4.79 Å². The van der Waals surface area contributed by atoms with Crippen LogP contribution in [-0.2, 0) is 4.79 Å². The van der Waals surface area contributed by atoms with Gasteiger partial charge in [-0.3, -0.25) is 9.69 Å². The van der Waals surface area contributed by atoms with E-state index in [-0.39, 0.29) is 5.91 Å². The molecule has 1 amide bonds. The van der Waals surface area contributed by atoms with Crippen molar-refractivity contribution in [3.05, 3.63) is 24.3 Å². The number of rotatable bonds is 8. The molecular formula is C18H29N3O2. The maximum Gasteiger partial charge on any atom is 0.238 e. The number of hydrogen-bond donors (Lipinski definition) is 2. The van der Waals surface area contributed by atoms with E-state index >= 15 is 0 Å². The molecule has 1 saturated heterocycles. The predicted octanol–water partition coefficient (Wildman–Crippen LogP) is 2.49. The first kappa shape index (κ1) is 17.8. The third-order valence-electron chi connectivity index (χ3n) is 4.13. The Bertz CT molecular complexity index is 470. The minimum Gasteiger partial charge on any atom is -0.494 e. The lowest BCUT2D eigenvalue weighted by Gasteiger charge is -2.34. The van der Waals surface area contributed by atoms with Crippen LogP contribution >= 0.6 is 0 Å². The second-order valence-corrected chi connectivity index (χ2v) is 5.96. The number of ether oxygens (including phenoxy) is 1. The van der Waals surface area contributed by atoms with Gasteiger partial charge < -0.3 is 15.4 Å². The fourth-order valence-corrected chi connectivity index (χ4v) is 3.04. The molecule has 0 radical (unpaired) electrons. The van der Waals surface area contributed by atoms with E-state index in [2.05, 4.69) is 22.5 Å². The van der Waals surface area contributed by atoms with Gasteiger partial charge in [-0.25, -0.2) is 0 Å². The molecule has 5 heteroatoms. The highest BCUT2D eigenvalue weighted by Gasteiger charge is 2.22. The van der Waals surface area contributed by atoms with Crippen LogP contribution in [0.1, 0.15) is 33.1 Å². The highest BCUT2D eigenvalue weighted by Crippen LogP contribution is 2.16. The summed E-state index contributed by atoms with van der Waals surface area (Å²) in [7, 11) is 0. The average Bonchev–Trinajstić information content (AvgIpc) is 2.57. The third kappa shape index (κ3) is 5.84. The molecule has 0 bridgehead atoms. The molecular weight excluding hydrogens is 290 g/mol. The Hall–Kier alpha value is -1.59. The molecule has 1 aliphatic rings. The summed E-state index contributed by atoms with van der Waals surface area (Å²) in [5, 5.41) is 6.37. The van der Waals surface area contributed by atoms with Gasteiger partial charge in [-0.15, -0.1) is 0 Å². The van der Waals surface area contributed by atoms with Crippen LogP contribution in [0.25, 0.3) is 0 Å². The van der Waals surface area contributed by atoms with Gasteiger partial charge in [-0.2, -0.15) is 0 Å². The van der Waals surface area contributed by atoms with Crippen LogP contribution in [-0.4, -0.2) is 49.6 Å². The molecule has 0 aliphatic carbocycles. The van der Waals surface area contributed by atoms with Crippen LogP contribution in [0, 0.1) is 0 Å². The molecule has 5 nitrogen and oxygen atoms in total. The number of carbonyl (C=O) groups excluding carboxylic acids is 1. The van der Waals surface area contributed by atoms with Crippen LogP contribution in [0.4, 0.5) is 5.69 Å². The second-order valence-electron chi connectivity index (χ2n) is 5.96. The molecule has 0 atom stereocenters. The number of nitrogens with one attached hydrogen (secondary N) is 2. The Labute approximate surface area is 139 Å². The summed E-state index contributed by atoms with van der Waals surface area (Å²) in [4.78, 5) is 14.7. The summed E-state index contributed by atoms with van der Waals surface area (Å²) in [5.74, 6) is 0.883. The van der Waals surface area contributed by atoms with Crippen molar-refractivity contribution in [2.45, 2.75) is 39.2 Å². The largest absolute Gasteiger partial charge is 0.494 e. The summed E-state index contributed by atoms with van der Waals surface area (Å²) < 4.78 is 5.41.